The molecule has 0 spiro atoms. The number of carbonyl (C=O) groups is 1. The molecule has 0 unspecified atom stereocenters. The Morgan fingerprint density at radius 2 is 1.89 bits per heavy atom. The van der Waals surface area contributed by atoms with Gasteiger partial charge in [0.05, 0.1) is 12.2 Å². The molecule has 1 heterocycles. The van der Waals surface area contributed by atoms with Gasteiger partial charge in [0, 0.05) is 6.92 Å². The lowest BCUT2D eigenvalue weighted by atomic mass is 9.96. The molecule has 1 rings (SSSR count). The Kier molecular flexibility index (Phi) is 5.28. The van der Waals surface area contributed by atoms with Crippen LogP contribution in [0.4, 0.5) is 0 Å². The normalized spacial score (nSPS) is 36.1. The van der Waals surface area contributed by atoms with E-state index in [1.165, 1.54) is 6.92 Å². The summed E-state index contributed by atoms with van der Waals surface area (Å²) in [6, 6.07) is -0.894. The average molecular weight is 277 g/mol. The number of aliphatic hydroxyl groups is 3. The fraction of sp³-hybridized carbons (Fsp3) is 0.917. The summed E-state index contributed by atoms with van der Waals surface area (Å²) in [6.07, 6.45) is -4.46. The molecule has 1 aliphatic heterocycles. The predicted molar refractivity (Wildman–Crippen MR) is 66.2 cm³/mol. The Labute approximate surface area is 112 Å². The van der Waals surface area contributed by atoms with Gasteiger partial charge in [0.1, 0.15) is 24.4 Å². The van der Waals surface area contributed by atoms with Gasteiger partial charge in [-0.1, -0.05) is 0 Å². The lowest BCUT2D eigenvalue weighted by Gasteiger charge is -2.44. The third-order valence-electron chi connectivity index (χ3n) is 2.72. The first-order chi connectivity index (χ1) is 8.65. The quantitative estimate of drug-likeness (QED) is 0.513. The molecule has 112 valence electrons. The minimum Gasteiger partial charge on any atom is -0.394 e. The van der Waals surface area contributed by atoms with Crippen molar-refractivity contribution < 1.29 is 29.6 Å². The Morgan fingerprint density at radius 1 is 1.32 bits per heavy atom. The topological polar surface area (TPSA) is 108 Å². The van der Waals surface area contributed by atoms with Gasteiger partial charge in [-0.3, -0.25) is 4.79 Å². The number of amides is 1. The highest BCUT2D eigenvalue weighted by atomic mass is 16.7. The van der Waals surface area contributed by atoms with Gasteiger partial charge in [-0.15, -0.1) is 0 Å². The van der Waals surface area contributed by atoms with Gasteiger partial charge in [-0.25, -0.2) is 0 Å². The molecular weight excluding hydrogens is 254 g/mol. The van der Waals surface area contributed by atoms with Crippen molar-refractivity contribution in [3.8, 4) is 0 Å². The van der Waals surface area contributed by atoms with Crippen LogP contribution >= 0.6 is 0 Å². The maximum atomic E-state index is 11.2. The molecule has 1 fully saturated rings. The van der Waals surface area contributed by atoms with Crippen LogP contribution in [0, 0.1) is 0 Å². The Morgan fingerprint density at radius 3 is 2.32 bits per heavy atom. The number of rotatable bonds is 3. The monoisotopic (exact) mass is 277 g/mol. The summed E-state index contributed by atoms with van der Waals surface area (Å²) in [5.41, 5.74) is -0.566. The van der Waals surface area contributed by atoms with Crippen molar-refractivity contribution >= 4 is 5.91 Å². The van der Waals surface area contributed by atoms with Crippen LogP contribution in [-0.2, 0) is 14.3 Å². The van der Waals surface area contributed by atoms with Crippen LogP contribution in [0.1, 0.15) is 27.7 Å². The zero-order chi connectivity index (χ0) is 14.8. The Balaban J connectivity index is 2.89. The minimum atomic E-state index is -1.29. The first kappa shape index (κ1) is 16.3. The van der Waals surface area contributed by atoms with Crippen LogP contribution < -0.4 is 5.32 Å². The third kappa shape index (κ3) is 4.39. The molecule has 5 atom stereocenters. The molecule has 1 aliphatic rings. The largest absolute Gasteiger partial charge is 0.394 e. The van der Waals surface area contributed by atoms with Crippen molar-refractivity contribution in [1.29, 1.82) is 0 Å². The second-order valence-electron chi connectivity index (χ2n) is 5.66. The van der Waals surface area contributed by atoms with E-state index in [2.05, 4.69) is 5.32 Å². The van der Waals surface area contributed by atoms with Crippen molar-refractivity contribution in [1.82, 2.24) is 5.32 Å². The van der Waals surface area contributed by atoms with Gasteiger partial charge >= 0.3 is 0 Å². The van der Waals surface area contributed by atoms with Gasteiger partial charge in [-0.05, 0) is 20.8 Å². The molecular formula is C12H23NO6. The number of nitrogens with one attached hydrogen (secondary N) is 1. The van der Waals surface area contributed by atoms with Crippen LogP contribution in [0.5, 0.6) is 0 Å². The van der Waals surface area contributed by atoms with Crippen LogP contribution in [0.15, 0.2) is 0 Å². The number of ether oxygens (including phenoxy) is 2. The van der Waals surface area contributed by atoms with Crippen LogP contribution in [0.2, 0.25) is 0 Å². The summed E-state index contributed by atoms with van der Waals surface area (Å²) in [6.45, 7) is 6.24. The molecule has 0 aromatic heterocycles. The lowest BCUT2D eigenvalue weighted by molar-refractivity contribution is -0.292. The van der Waals surface area contributed by atoms with Gasteiger partial charge in [0.15, 0.2) is 6.29 Å². The van der Waals surface area contributed by atoms with Crippen molar-refractivity contribution in [3.63, 3.8) is 0 Å². The zero-order valence-electron chi connectivity index (χ0n) is 11.7. The van der Waals surface area contributed by atoms with Crippen LogP contribution in [0.3, 0.4) is 0 Å². The van der Waals surface area contributed by atoms with E-state index in [0.717, 1.165) is 0 Å². The number of hydrogen-bond donors (Lipinski definition) is 4. The van der Waals surface area contributed by atoms with E-state index in [9.17, 15) is 15.0 Å². The summed E-state index contributed by atoms with van der Waals surface area (Å²) in [5.74, 6) is -0.371. The van der Waals surface area contributed by atoms with E-state index in [1.807, 2.05) is 0 Å². The zero-order valence-corrected chi connectivity index (χ0v) is 11.7. The second kappa shape index (κ2) is 6.15. The lowest BCUT2D eigenvalue weighted by Crippen LogP contribution is -2.65. The highest BCUT2D eigenvalue weighted by molar-refractivity contribution is 5.73. The third-order valence-corrected chi connectivity index (χ3v) is 2.72. The summed E-state index contributed by atoms with van der Waals surface area (Å²) < 4.78 is 11.0. The smallest absolute Gasteiger partial charge is 0.217 e. The fourth-order valence-corrected chi connectivity index (χ4v) is 1.92. The van der Waals surface area contributed by atoms with Crippen molar-refractivity contribution in [2.75, 3.05) is 6.61 Å². The van der Waals surface area contributed by atoms with Gasteiger partial charge < -0.3 is 30.1 Å². The summed E-state index contributed by atoms with van der Waals surface area (Å²) in [4.78, 5) is 11.2. The van der Waals surface area contributed by atoms with Crippen molar-refractivity contribution in [2.45, 2.75) is 63.9 Å². The molecule has 0 aromatic carbocycles. The summed E-state index contributed by atoms with van der Waals surface area (Å²) >= 11 is 0. The maximum absolute atomic E-state index is 11.2. The first-order valence-corrected chi connectivity index (χ1v) is 6.23. The van der Waals surface area contributed by atoms with E-state index >= 15 is 0 Å². The molecule has 0 bridgehead atoms. The molecule has 7 heteroatoms. The second-order valence-corrected chi connectivity index (χ2v) is 5.66. The maximum Gasteiger partial charge on any atom is 0.217 e. The Hall–Kier alpha value is -0.730. The number of carbonyl (C=O) groups excluding carboxylic acids is 1. The highest BCUT2D eigenvalue weighted by Gasteiger charge is 2.46. The summed E-state index contributed by atoms with van der Waals surface area (Å²) in [7, 11) is 0. The van der Waals surface area contributed by atoms with E-state index in [-0.39, 0.29) is 5.91 Å². The first-order valence-electron chi connectivity index (χ1n) is 6.23. The minimum absolute atomic E-state index is 0.371. The number of hydrogen-bond acceptors (Lipinski definition) is 6. The summed E-state index contributed by atoms with van der Waals surface area (Å²) in [5, 5.41) is 31.4. The van der Waals surface area contributed by atoms with Gasteiger partial charge in [0.2, 0.25) is 5.91 Å². The van der Waals surface area contributed by atoms with E-state index in [0.29, 0.717) is 0 Å². The van der Waals surface area contributed by atoms with Crippen LogP contribution in [0.25, 0.3) is 0 Å². The predicted octanol–water partition coefficient (Wildman–Crippen LogP) is -1.25. The molecule has 1 amide bonds. The van der Waals surface area contributed by atoms with Crippen LogP contribution in [-0.4, -0.2) is 64.1 Å². The van der Waals surface area contributed by atoms with Gasteiger partial charge in [-0.2, -0.15) is 0 Å². The molecule has 4 N–H and O–H groups in total. The van der Waals surface area contributed by atoms with E-state index < -0.39 is 42.9 Å². The number of aliphatic hydroxyl groups excluding tert-OH is 3. The van der Waals surface area contributed by atoms with E-state index in [4.69, 9.17) is 14.6 Å². The molecule has 1 saturated heterocycles. The molecule has 0 aliphatic carbocycles. The van der Waals surface area contributed by atoms with E-state index in [1.54, 1.807) is 20.8 Å². The molecule has 19 heavy (non-hydrogen) atoms. The Bertz CT molecular complexity index is 316. The molecule has 0 radical (unpaired) electrons. The fourth-order valence-electron chi connectivity index (χ4n) is 1.92. The van der Waals surface area contributed by atoms with Crippen molar-refractivity contribution in [3.05, 3.63) is 0 Å². The van der Waals surface area contributed by atoms with Crippen molar-refractivity contribution in [2.24, 2.45) is 0 Å². The van der Waals surface area contributed by atoms with Gasteiger partial charge in [0.25, 0.3) is 0 Å². The SMILES string of the molecule is CC(=O)N[C@@H]1[C@H](OC(C)(C)C)O[C@H](CO)[C@@H](O)[C@@H]1O. The molecule has 7 nitrogen and oxygen atoms in total. The average Bonchev–Trinajstić information content (AvgIpc) is 2.26. The standard InChI is InChI=1S/C12H23NO6/c1-6(15)13-8-10(17)9(16)7(5-14)18-11(8)19-12(2,3)4/h7-11,14,16-17H,5H2,1-4H3,(H,13,15)/t7-,8+,9-,10-,11+/m1/s1. The highest BCUT2D eigenvalue weighted by Crippen LogP contribution is 2.25. The molecule has 0 aromatic rings. The molecule has 0 saturated carbocycles.